The Labute approximate surface area is 410 Å². The molecular formula is C66H50N2OS. The maximum Gasteiger partial charge on any atom is 0.0540 e. The highest BCUT2D eigenvalue weighted by molar-refractivity contribution is 8.21. The van der Waals surface area contributed by atoms with Gasteiger partial charge in [0.05, 0.1) is 34.1 Å². The van der Waals surface area contributed by atoms with Crippen LogP contribution in [0.15, 0.2) is 250 Å². The van der Waals surface area contributed by atoms with Crippen molar-refractivity contribution in [3.63, 3.8) is 0 Å². The summed E-state index contributed by atoms with van der Waals surface area (Å²) in [5, 5.41) is 0. The summed E-state index contributed by atoms with van der Waals surface area (Å²) < 4.78 is 17.9. The molecule has 0 unspecified atom stereocenters. The van der Waals surface area contributed by atoms with Crippen LogP contribution in [0.4, 0.5) is 34.1 Å². The van der Waals surface area contributed by atoms with Crippen molar-refractivity contribution < 1.29 is 4.21 Å². The van der Waals surface area contributed by atoms with E-state index in [0.29, 0.717) is 0 Å². The van der Waals surface area contributed by atoms with Crippen LogP contribution in [0.5, 0.6) is 0 Å². The quantitative estimate of drug-likeness (QED) is 0.176. The number of rotatable bonds is 4. The van der Waals surface area contributed by atoms with Crippen molar-refractivity contribution in [2.45, 2.75) is 58.1 Å². The van der Waals surface area contributed by atoms with Gasteiger partial charge in [0, 0.05) is 50.6 Å². The summed E-state index contributed by atoms with van der Waals surface area (Å²) in [5.41, 5.74) is 20.3. The number of hydrogen-bond acceptors (Lipinski definition) is 3. The summed E-state index contributed by atoms with van der Waals surface area (Å²) in [6.45, 7) is 9.32. The molecule has 0 aliphatic carbocycles. The molecular weight excluding hydrogens is 869 g/mol. The number of benzene rings is 10. The number of para-hydroxylation sites is 6. The van der Waals surface area contributed by atoms with Crippen LogP contribution in [0.1, 0.15) is 49.9 Å². The monoisotopic (exact) mass is 918 g/mol. The third kappa shape index (κ3) is 5.11. The van der Waals surface area contributed by atoms with Gasteiger partial charge in [-0.25, -0.2) is 0 Å². The Kier molecular flexibility index (Phi) is 8.34. The molecule has 0 amide bonds. The van der Waals surface area contributed by atoms with Crippen molar-refractivity contribution >= 4 is 43.2 Å². The van der Waals surface area contributed by atoms with E-state index < -0.39 is 9.07 Å². The maximum absolute atomic E-state index is 17.9. The lowest BCUT2D eigenvalue weighted by molar-refractivity contribution is 0.632. The van der Waals surface area contributed by atoms with Crippen molar-refractivity contribution in [3.05, 3.63) is 253 Å². The summed E-state index contributed by atoms with van der Waals surface area (Å²) >= 11 is 0. The third-order valence-electron chi connectivity index (χ3n) is 16.2. The van der Waals surface area contributed by atoms with E-state index in [2.05, 4.69) is 268 Å². The molecule has 10 aromatic carbocycles. The second-order valence-corrected chi connectivity index (χ2v) is 24.0. The summed E-state index contributed by atoms with van der Waals surface area (Å²) in [7, 11) is -4.14. The van der Waals surface area contributed by atoms with Gasteiger partial charge < -0.3 is 9.80 Å². The fourth-order valence-electron chi connectivity index (χ4n) is 12.9. The zero-order chi connectivity index (χ0) is 47.2. The Hall–Kier alpha value is -8.05. The topological polar surface area (TPSA) is 23.6 Å². The van der Waals surface area contributed by atoms with Crippen LogP contribution in [0.3, 0.4) is 0 Å². The van der Waals surface area contributed by atoms with E-state index in [-0.39, 0.29) is 10.8 Å². The molecule has 1 spiro atoms. The number of anilines is 6. The molecule has 4 heteroatoms. The van der Waals surface area contributed by atoms with Crippen molar-refractivity contribution in [2.24, 2.45) is 0 Å². The van der Waals surface area contributed by atoms with E-state index >= 15 is 4.21 Å². The normalized spacial score (nSPS) is 16.8. The van der Waals surface area contributed by atoms with Gasteiger partial charge in [-0.2, -0.15) is 0 Å². The van der Waals surface area contributed by atoms with Gasteiger partial charge in [-0.1, -0.05) is 185 Å². The number of hydrogen-bond donors (Lipinski definition) is 0. The fourth-order valence-corrected chi connectivity index (χ4v) is 18.1. The van der Waals surface area contributed by atoms with Crippen LogP contribution >= 0.6 is 0 Å². The lowest BCUT2D eigenvalue weighted by atomic mass is 9.73. The zero-order valence-electron chi connectivity index (χ0n) is 39.7. The average Bonchev–Trinajstić information content (AvgIpc) is 3.78. The molecule has 336 valence electrons. The summed E-state index contributed by atoms with van der Waals surface area (Å²) in [4.78, 5) is 8.39. The predicted molar refractivity (Wildman–Crippen MR) is 289 cm³/mol. The first-order chi connectivity index (χ1) is 34.1. The highest BCUT2D eigenvalue weighted by Crippen LogP contribution is 2.71. The second-order valence-electron chi connectivity index (χ2n) is 20.4. The molecule has 0 radical (unpaired) electrons. The minimum absolute atomic E-state index is 0.169. The van der Waals surface area contributed by atoms with Gasteiger partial charge in [0.2, 0.25) is 0 Å². The van der Waals surface area contributed by atoms with E-state index in [1.165, 1.54) is 45.0 Å². The highest BCUT2D eigenvalue weighted by Gasteiger charge is 2.57. The molecule has 4 aliphatic rings. The molecule has 0 saturated heterocycles. The maximum atomic E-state index is 17.9. The van der Waals surface area contributed by atoms with Gasteiger partial charge >= 0.3 is 0 Å². The molecule has 0 atom stereocenters. The molecule has 0 bridgehead atoms. The second kappa shape index (κ2) is 14.3. The minimum Gasteiger partial charge on any atom is -0.309 e. The molecule has 0 saturated carbocycles. The van der Waals surface area contributed by atoms with E-state index in [1.807, 2.05) is 0 Å². The van der Waals surface area contributed by atoms with Gasteiger partial charge in [-0.3, -0.25) is 4.21 Å². The van der Waals surface area contributed by atoms with Gasteiger partial charge in [0.15, 0.2) is 0 Å². The van der Waals surface area contributed by atoms with Crippen LogP contribution in [-0.4, -0.2) is 4.21 Å². The molecule has 0 aromatic heterocycles. The predicted octanol–water partition coefficient (Wildman–Crippen LogP) is 17.6. The Morgan fingerprint density at radius 3 is 0.914 bits per heavy atom. The zero-order valence-corrected chi connectivity index (χ0v) is 40.5. The van der Waals surface area contributed by atoms with Gasteiger partial charge in [0.25, 0.3) is 0 Å². The smallest absolute Gasteiger partial charge is 0.0540 e. The molecule has 14 rings (SSSR count). The first kappa shape index (κ1) is 41.0. The van der Waals surface area contributed by atoms with Gasteiger partial charge in [-0.05, 0) is 128 Å². The standard InChI is InChI=1S/C66H50N2OS/c1-65(2)51-25-9-15-31-57(51)67(58-32-16-10-26-52(58)65)55-29-13-5-21-45(55)43-37-39-63-49(41-43)47-23-7-19-35-61(47)70(63,69)62-36-20-8-24-48(62)50-42-44(38-40-64(50)70)46-22-6-14-30-56(46)68-59-33-17-11-27-53(59)66(3,4)54-28-12-18-34-60(54)68/h5-42H,1-4H3. The molecule has 0 N–H and O–H groups in total. The van der Waals surface area contributed by atoms with Crippen LogP contribution in [0.2, 0.25) is 0 Å². The van der Waals surface area contributed by atoms with Crippen molar-refractivity contribution in [1.82, 2.24) is 0 Å². The Morgan fingerprint density at radius 2 is 0.557 bits per heavy atom. The third-order valence-corrected chi connectivity index (χ3v) is 21.0. The Bertz CT molecular complexity index is 3600. The Morgan fingerprint density at radius 1 is 0.286 bits per heavy atom. The average molecular weight is 919 g/mol. The van der Waals surface area contributed by atoms with E-state index in [1.54, 1.807) is 0 Å². The van der Waals surface area contributed by atoms with Crippen molar-refractivity contribution in [3.8, 4) is 44.5 Å². The summed E-state index contributed by atoms with van der Waals surface area (Å²) in [6, 6.07) is 83.2. The van der Waals surface area contributed by atoms with Crippen LogP contribution in [0.25, 0.3) is 44.5 Å². The molecule has 0 fully saturated rings. The molecule has 3 nitrogen and oxygen atoms in total. The van der Waals surface area contributed by atoms with E-state index in [9.17, 15) is 0 Å². The number of fused-ring (bicyclic) bond motifs is 14. The lowest BCUT2D eigenvalue weighted by Gasteiger charge is -2.42. The van der Waals surface area contributed by atoms with Crippen molar-refractivity contribution in [2.75, 3.05) is 9.80 Å². The first-order valence-corrected chi connectivity index (χ1v) is 26.4. The first-order valence-electron chi connectivity index (χ1n) is 24.4. The molecule has 4 aliphatic heterocycles. The van der Waals surface area contributed by atoms with Crippen LogP contribution in [0, 0.1) is 0 Å². The van der Waals surface area contributed by atoms with Gasteiger partial charge in [0.1, 0.15) is 0 Å². The lowest BCUT2D eigenvalue weighted by Crippen LogP contribution is -2.30. The van der Waals surface area contributed by atoms with E-state index in [4.69, 9.17) is 0 Å². The molecule has 10 aromatic rings. The van der Waals surface area contributed by atoms with E-state index in [0.717, 1.165) is 75.5 Å². The number of nitrogens with zero attached hydrogens (tertiary/aromatic N) is 2. The largest absolute Gasteiger partial charge is 0.309 e. The minimum atomic E-state index is -4.14. The van der Waals surface area contributed by atoms with Gasteiger partial charge in [-0.15, -0.1) is 0 Å². The summed E-state index contributed by atoms with van der Waals surface area (Å²) in [5.74, 6) is 0. The highest BCUT2D eigenvalue weighted by atomic mass is 32.3. The Balaban J connectivity index is 0.954. The van der Waals surface area contributed by atoms with Crippen LogP contribution < -0.4 is 9.80 Å². The molecule has 70 heavy (non-hydrogen) atoms. The fraction of sp³-hybridized carbons (Fsp3) is 0.0909. The SMILES string of the molecule is CC1(C)c2ccccc2N(c2ccccc2-c2ccc3c(c2)-c2ccccc2S32(=O)c3ccccc3-c3cc(-c4ccccc4N4c5ccccc5C(C)(C)c5ccccc54)ccc32)c2ccccc21. The summed E-state index contributed by atoms with van der Waals surface area (Å²) in [6.07, 6.45) is 0. The van der Waals surface area contributed by atoms with Crippen molar-refractivity contribution in [1.29, 1.82) is 0 Å². The van der Waals surface area contributed by atoms with Crippen LogP contribution in [-0.2, 0) is 19.9 Å². The molecule has 4 heterocycles.